The Morgan fingerprint density at radius 1 is 1.00 bits per heavy atom. The second kappa shape index (κ2) is 17.0. The second-order valence-corrected chi connectivity index (χ2v) is 6.48. The topological polar surface area (TPSA) is 51.8 Å². The van der Waals surface area contributed by atoms with Crippen LogP contribution in [0.5, 0.6) is 0 Å². The number of aromatic nitrogens is 2. The van der Waals surface area contributed by atoms with Gasteiger partial charge in [-0.25, -0.2) is 9.97 Å². The summed E-state index contributed by atoms with van der Waals surface area (Å²) in [4.78, 5) is 8.23. The van der Waals surface area contributed by atoms with Crippen molar-refractivity contribution in [1.29, 1.82) is 0 Å². The van der Waals surface area contributed by atoms with Crippen molar-refractivity contribution in [2.45, 2.75) is 86.5 Å². The number of nitrogen functional groups attached to an aromatic ring is 1. The monoisotopic (exact) mass is 383 g/mol. The van der Waals surface area contributed by atoms with Crippen molar-refractivity contribution in [2.24, 2.45) is 0 Å². The summed E-state index contributed by atoms with van der Waals surface area (Å²) in [5.74, 6) is 0.313. The van der Waals surface area contributed by atoms with Gasteiger partial charge in [0.25, 0.3) is 0 Å². The fraction of sp³-hybridized carbons (Fsp3) is 0.520. The van der Waals surface area contributed by atoms with Gasteiger partial charge in [-0.15, -0.1) is 0 Å². The van der Waals surface area contributed by atoms with Gasteiger partial charge in [0.2, 0.25) is 5.95 Å². The van der Waals surface area contributed by atoms with Crippen LogP contribution in [0.15, 0.2) is 42.6 Å². The van der Waals surface area contributed by atoms with Crippen molar-refractivity contribution in [2.75, 3.05) is 5.73 Å². The summed E-state index contributed by atoms with van der Waals surface area (Å²) < 4.78 is 0. The Bertz CT molecular complexity index is 696. The Kier molecular flexibility index (Phi) is 15.7. The smallest absolute Gasteiger partial charge is 0.220 e. The Morgan fingerprint density at radius 2 is 1.64 bits per heavy atom. The van der Waals surface area contributed by atoms with Gasteiger partial charge in [0.05, 0.1) is 5.52 Å². The number of nitrogens with two attached hydrogens (primary N) is 1. The number of anilines is 1. The van der Waals surface area contributed by atoms with Crippen LogP contribution in [0.2, 0.25) is 0 Å². The van der Waals surface area contributed by atoms with Gasteiger partial charge in [-0.1, -0.05) is 97.4 Å². The lowest BCUT2D eigenvalue weighted by Gasteiger charge is -2.05. The summed E-state index contributed by atoms with van der Waals surface area (Å²) in [6.07, 6.45) is 17.6. The van der Waals surface area contributed by atoms with Crippen LogP contribution >= 0.6 is 0 Å². The maximum atomic E-state index is 5.57. The van der Waals surface area contributed by atoms with Crippen LogP contribution in [0.25, 0.3) is 16.5 Å². The number of hydrogen-bond donors (Lipinski definition) is 1. The molecule has 3 nitrogen and oxygen atoms in total. The van der Waals surface area contributed by atoms with E-state index in [1.165, 1.54) is 49.7 Å². The summed E-state index contributed by atoms with van der Waals surface area (Å²) in [5.41, 5.74) is 8.85. The van der Waals surface area contributed by atoms with Crippen molar-refractivity contribution in [3.63, 3.8) is 0 Å². The molecule has 0 amide bonds. The molecule has 28 heavy (non-hydrogen) atoms. The number of benzene rings is 1. The van der Waals surface area contributed by atoms with Crippen LogP contribution < -0.4 is 5.73 Å². The van der Waals surface area contributed by atoms with Gasteiger partial charge in [-0.05, 0) is 36.6 Å². The molecule has 0 spiro atoms. The Balaban J connectivity index is 0.000000618. The summed E-state index contributed by atoms with van der Waals surface area (Å²) in [6.45, 7) is 12.7. The zero-order valence-electron chi connectivity index (χ0n) is 19.0. The summed E-state index contributed by atoms with van der Waals surface area (Å²) in [5, 5.41) is 1.01. The summed E-state index contributed by atoms with van der Waals surface area (Å²) >= 11 is 0. The molecule has 0 saturated carbocycles. The molecule has 0 fully saturated rings. The minimum atomic E-state index is 0.313. The molecule has 156 valence electrons. The molecule has 1 heterocycles. The SMILES string of the molecule is C/C=C\C(=C/CC)c1ccc2nc(N)ncc2c1.CC.CCCCCCCC. The fourth-order valence-corrected chi connectivity index (χ4v) is 2.76. The van der Waals surface area contributed by atoms with E-state index in [0.717, 1.165) is 17.3 Å². The molecule has 0 aliphatic carbocycles. The van der Waals surface area contributed by atoms with Crippen molar-refractivity contribution in [3.05, 3.63) is 48.2 Å². The fourth-order valence-electron chi connectivity index (χ4n) is 2.76. The second-order valence-electron chi connectivity index (χ2n) is 6.48. The highest BCUT2D eigenvalue weighted by molar-refractivity contribution is 5.85. The maximum absolute atomic E-state index is 5.57. The average Bonchev–Trinajstić information content (AvgIpc) is 2.73. The number of rotatable bonds is 8. The predicted octanol–water partition coefficient (Wildman–Crippen LogP) is 7.97. The quantitative estimate of drug-likeness (QED) is 0.371. The van der Waals surface area contributed by atoms with E-state index in [-0.39, 0.29) is 0 Å². The molecule has 1 aromatic carbocycles. The van der Waals surface area contributed by atoms with E-state index in [1.807, 2.05) is 32.9 Å². The molecule has 2 N–H and O–H groups in total. The van der Waals surface area contributed by atoms with E-state index < -0.39 is 0 Å². The van der Waals surface area contributed by atoms with Gasteiger partial charge in [-0.3, -0.25) is 0 Å². The molecule has 0 aliphatic rings. The highest BCUT2D eigenvalue weighted by Gasteiger charge is 2.01. The zero-order valence-corrected chi connectivity index (χ0v) is 19.0. The van der Waals surface area contributed by atoms with E-state index >= 15 is 0 Å². The molecule has 3 heteroatoms. The summed E-state index contributed by atoms with van der Waals surface area (Å²) in [6, 6.07) is 6.14. The van der Waals surface area contributed by atoms with Gasteiger partial charge in [-0.2, -0.15) is 0 Å². The molecule has 0 unspecified atom stereocenters. The first-order valence-electron chi connectivity index (χ1n) is 11.0. The third-order valence-electron chi connectivity index (χ3n) is 4.16. The van der Waals surface area contributed by atoms with Crippen molar-refractivity contribution in [1.82, 2.24) is 9.97 Å². The molecule has 0 aliphatic heterocycles. The minimum absolute atomic E-state index is 0.313. The van der Waals surface area contributed by atoms with E-state index in [9.17, 15) is 0 Å². The van der Waals surface area contributed by atoms with Crippen LogP contribution in [0.3, 0.4) is 0 Å². The third kappa shape index (κ3) is 10.2. The first-order valence-corrected chi connectivity index (χ1v) is 11.0. The third-order valence-corrected chi connectivity index (χ3v) is 4.16. The normalized spacial score (nSPS) is 11.0. The molecule has 2 rings (SSSR count). The van der Waals surface area contributed by atoms with E-state index in [4.69, 9.17) is 5.73 Å². The molecular weight excluding hydrogens is 342 g/mol. The van der Waals surface area contributed by atoms with Crippen molar-refractivity contribution < 1.29 is 0 Å². The molecular formula is C25H41N3. The largest absolute Gasteiger partial charge is 0.368 e. The lowest BCUT2D eigenvalue weighted by Crippen LogP contribution is -1.94. The molecule has 0 bridgehead atoms. The van der Waals surface area contributed by atoms with Crippen LogP contribution in [0, 0.1) is 0 Å². The molecule has 0 radical (unpaired) electrons. The summed E-state index contributed by atoms with van der Waals surface area (Å²) in [7, 11) is 0. The number of fused-ring (bicyclic) bond motifs is 1. The Morgan fingerprint density at radius 3 is 2.18 bits per heavy atom. The van der Waals surface area contributed by atoms with E-state index in [1.54, 1.807) is 6.20 Å². The van der Waals surface area contributed by atoms with Crippen molar-refractivity contribution >= 4 is 22.4 Å². The predicted molar refractivity (Wildman–Crippen MR) is 127 cm³/mol. The first-order chi connectivity index (χ1) is 13.7. The molecule has 0 atom stereocenters. The van der Waals surface area contributed by atoms with Crippen LogP contribution in [-0.2, 0) is 0 Å². The molecule has 2 aromatic rings. The maximum Gasteiger partial charge on any atom is 0.220 e. The van der Waals surface area contributed by atoms with Crippen LogP contribution in [-0.4, -0.2) is 9.97 Å². The highest BCUT2D eigenvalue weighted by Crippen LogP contribution is 2.21. The Hall–Kier alpha value is -2.16. The lowest BCUT2D eigenvalue weighted by atomic mass is 10.0. The van der Waals surface area contributed by atoms with Gasteiger partial charge in [0, 0.05) is 11.6 Å². The number of nitrogens with zero attached hydrogens (tertiary/aromatic N) is 2. The number of hydrogen-bond acceptors (Lipinski definition) is 3. The van der Waals surface area contributed by atoms with Gasteiger partial charge < -0.3 is 5.73 Å². The minimum Gasteiger partial charge on any atom is -0.368 e. The van der Waals surface area contributed by atoms with Gasteiger partial charge in [0.1, 0.15) is 0 Å². The first kappa shape index (κ1) is 25.8. The van der Waals surface area contributed by atoms with Crippen LogP contribution in [0.4, 0.5) is 5.95 Å². The van der Waals surface area contributed by atoms with E-state index in [0.29, 0.717) is 5.95 Å². The zero-order chi connectivity index (χ0) is 21.2. The van der Waals surface area contributed by atoms with Crippen molar-refractivity contribution in [3.8, 4) is 0 Å². The highest BCUT2D eigenvalue weighted by atomic mass is 15.0. The number of allylic oxidation sites excluding steroid dienone is 4. The average molecular weight is 384 g/mol. The van der Waals surface area contributed by atoms with E-state index in [2.05, 4.69) is 55.0 Å². The lowest BCUT2D eigenvalue weighted by molar-refractivity contribution is 0.624. The standard InChI is InChI=1S/C15H17N3.C8H18.C2H6/c1-3-5-11(6-4-2)12-7-8-14-13(9-12)10-17-15(16)18-14;1-3-5-7-8-6-4-2;1-2/h3,5-10H,4H2,1-2H3,(H2,16,17,18);3-8H2,1-2H3;1-2H3/b5-3-,11-6+;;. The Labute approximate surface area is 173 Å². The molecule has 1 aromatic heterocycles. The number of unbranched alkanes of at least 4 members (excludes halogenated alkanes) is 5. The molecule has 0 saturated heterocycles. The van der Waals surface area contributed by atoms with Crippen LogP contribution in [0.1, 0.15) is 92.1 Å². The van der Waals surface area contributed by atoms with Gasteiger partial charge in [0.15, 0.2) is 0 Å². The van der Waals surface area contributed by atoms with Gasteiger partial charge >= 0.3 is 0 Å².